The Morgan fingerprint density at radius 2 is 1.73 bits per heavy atom. The molecule has 0 bridgehead atoms. The number of likely N-dealkylation sites (tertiary alicyclic amines) is 1. The maximum atomic E-state index is 11.3. The Morgan fingerprint density at radius 1 is 1.20 bits per heavy atom. The quantitative estimate of drug-likeness (QED) is 0.672. The normalized spacial score (nSPS) is 21.5. The highest BCUT2D eigenvalue weighted by atomic mass is 16.5. The molecular formula is C12H23NO2. The van der Waals surface area contributed by atoms with Crippen molar-refractivity contribution in [2.75, 3.05) is 26.7 Å². The maximum Gasteiger partial charge on any atom is 0.309 e. The minimum atomic E-state index is -0.0861. The second-order valence-corrected chi connectivity index (χ2v) is 4.49. The van der Waals surface area contributed by atoms with Crippen LogP contribution in [-0.4, -0.2) is 37.6 Å². The molecule has 88 valence electrons. The molecule has 0 amide bonds. The fraction of sp³-hybridized carbons (Fsp3) is 0.917. The summed E-state index contributed by atoms with van der Waals surface area (Å²) < 4.78 is 4.74. The third-order valence-corrected chi connectivity index (χ3v) is 3.08. The Balaban J connectivity index is 2.31. The summed E-state index contributed by atoms with van der Waals surface area (Å²) in [5, 5.41) is 0. The lowest BCUT2D eigenvalue weighted by atomic mass is 10.1. The van der Waals surface area contributed by atoms with Gasteiger partial charge in [-0.05, 0) is 25.9 Å². The third kappa shape index (κ3) is 4.65. The minimum Gasteiger partial charge on any atom is -0.469 e. The summed E-state index contributed by atoms with van der Waals surface area (Å²) >= 11 is 0. The van der Waals surface area contributed by atoms with Crippen molar-refractivity contribution in [1.82, 2.24) is 4.90 Å². The van der Waals surface area contributed by atoms with E-state index < -0.39 is 0 Å². The first kappa shape index (κ1) is 12.5. The molecule has 3 heteroatoms. The molecule has 0 aromatic heterocycles. The predicted molar refractivity (Wildman–Crippen MR) is 60.7 cm³/mol. The summed E-state index contributed by atoms with van der Waals surface area (Å²) in [5.74, 6) is -0.0773. The molecule has 1 saturated heterocycles. The molecule has 1 fully saturated rings. The fourth-order valence-corrected chi connectivity index (χ4v) is 2.16. The molecule has 0 aliphatic carbocycles. The number of carbonyl (C=O) groups is 1. The lowest BCUT2D eigenvalue weighted by molar-refractivity contribution is -0.145. The van der Waals surface area contributed by atoms with Crippen LogP contribution in [0.15, 0.2) is 0 Å². The topological polar surface area (TPSA) is 29.5 Å². The van der Waals surface area contributed by atoms with Gasteiger partial charge in [-0.1, -0.05) is 26.2 Å². The molecule has 1 aliphatic heterocycles. The van der Waals surface area contributed by atoms with Gasteiger partial charge in [-0.3, -0.25) is 4.79 Å². The number of esters is 1. The lowest BCUT2D eigenvalue weighted by Gasteiger charge is -2.26. The van der Waals surface area contributed by atoms with Crippen LogP contribution in [0.4, 0.5) is 0 Å². The fourth-order valence-electron chi connectivity index (χ4n) is 2.16. The first-order chi connectivity index (χ1) is 7.24. The van der Waals surface area contributed by atoms with E-state index in [1.807, 2.05) is 6.92 Å². The predicted octanol–water partition coefficient (Wildman–Crippen LogP) is 2.06. The van der Waals surface area contributed by atoms with Gasteiger partial charge in [0.05, 0.1) is 13.0 Å². The largest absolute Gasteiger partial charge is 0.469 e. The SMILES string of the molecule is COC(=O)C(C)CN1CCCCCCC1. The van der Waals surface area contributed by atoms with Crippen molar-refractivity contribution in [2.24, 2.45) is 5.92 Å². The smallest absolute Gasteiger partial charge is 0.309 e. The summed E-state index contributed by atoms with van der Waals surface area (Å²) in [6.45, 7) is 5.08. The van der Waals surface area contributed by atoms with Crippen LogP contribution >= 0.6 is 0 Å². The van der Waals surface area contributed by atoms with Gasteiger partial charge >= 0.3 is 5.97 Å². The second kappa shape index (κ2) is 6.83. The van der Waals surface area contributed by atoms with E-state index in [4.69, 9.17) is 4.74 Å². The van der Waals surface area contributed by atoms with E-state index >= 15 is 0 Å². The zero-order chi connectivity index (χ0) is 11.1. The van der Waals surface area contributed by atoms with Gasteiger partial charge in [-0.2, -0.15) is 0 Å². The molecule has 1 rings (SSSR count). The molecule has 1 aliphatic rings. The van der Waals surface area contributed by atoms with Crippen LogP contribution in [0.3, 0.4) is 0 Å². The van der Waals surface area contributed by atoms with E-state index in [0.29, 0.717) is 0 Å². The van der Waals surface area contributed by atoms with Crippen LogP contribution in [0.2, 0.25) is 0 Å². The molecule has 3 nitrogen and oxygen atoms in total. The Hall–Kier alpha value is -0.570. The first-order valence-corrected chi connectivity index (χ1v) is 6.04. The van der Waals surface area contributed by atoms with E-state index in [2.05, 4.69) is 4.90 Å². The van der Waals surface area contributed by atoms with Crippen molar-refractivity contribution in [3.8, 4) is 0 Å². The number of carbonyl (C=O) groups excluding carboxylic acids is 1. The van der Waals surface area contributed by atoms with Gasteiger partial charge in [-0.15, -0.1) is 0 Å². The summed E-state index contributed by atoms with van der Waals surface area (Å²) in [6.07, 6.45) is 6.59. The van der Waals surface area contributed by atoms with E-state index in [1.54, 1.807) is 0 Å². The van der Waals surface area contributed by atoms with Crippen molar-refractivity contribution in [1.29, 1.82) is 0 Å². The van der Waals surface area contributed by atoms with Crippen LogP contribution in [0.5, 0.6) is 0 Å². The van der Waals surface area contributed by atoms with Crippen LogP contribution in [-0.2, 0) is 9.53 Å². The van der Waals surface area contributed by atoms with Gasteiger partial charge in [0.25, 0.3) is 0 Å². The van der Waals surface area contributed by atoms with Gasteiger partial charge in [0.2, 0.25) is 0 Å². The molecule has 0 aromatic carbocycles. The van der Waals surface area contributed by atoms with E-state index in [1.165, 1.54) is 39.2 Å². The van der Waals surface area contributed by atoms with Crippen LogP contribution in [0.25, 0.3) is 0 Å². The van der Waals surface area contributed by atoms with Crippen LogP contribution in [0.1, 0.15) is 39.0 Å². The van der Waals surface area contributed by atoms with Crippen molar-refractivity contribution >= 4 is 5.97 Å². The zero-order valence-electron chi connectivity index (χ0n) is 10.00. The summed E-state index contributed by atoms with van der Waals surface area (Å²) in [4.78, 5) is 13.7. The van der Waals surface area contributed by atoms with Crippen molar-refractivity contribution < 1.29 is 9.53 Å². The summed E-state index contributed by atoms with van der Waals surface area (Å²) in [5.41, 5.74) is 0. The van der Waals surface area contributed by atoms with E-state index in [0.717, 1.165) is 19.6 Å². The highest BCUT2D eigenvalue weighted by Crippen LogP contribution is 2.12. The van der Waals surface area contributed by atoms with Crippen molar-refractivity contribution in [3.63, 3.8) is 0 Å². The molecule has 1 unspecified atom stereocenters. The standard InChI is InChI=1S/C12H23NO2/c1-11(12(14)15-2)10-13-8-6-4-3-5-7-9-13/h11H,3-10H2,1-2H3. The van der Waals surface area contributed by atoms with Gasteiger partial charge < -0.3 is 9.64 Å². The third-order valence-electron chi connectivity index (χ3n) is 3.08. The molecule has 0 spiro atoms. The summed E-state index contributed by atoms with van der Waals surface area (Å²) in [6, 6.07) is 0. The molecule has 0 aromatic rings. The molecule has 0 radical (unpaired) electrons. The molecule has 0 saturated carbocycles. The molecular weight excluding hydrogens is 190 g/mol. The van der Waals surface area contributed by atoms with Crippen molar-refractivity contribution in [3.05, 3.63) is 0 Å². The molecule has 1 heterocycles. The number of ether oxygens (including phenoxy) is 1. The Labute approximate surface area is 92.8 Å². The Morgan fingerprint density at radius 3 is 2.27 bits per heavy atom. The minimum absolute atomic E-state index is 0.00873. The monoisotopic (exact) mass is 213 g/mol. The molecule has 0 N–H and O–H groups in total. The Bertz CT molecular complexity index is 186. The average molecular weight is 213 g/mol. The highest BCUT2D eigenvalue weighted by molar-refractivity contribution is 5.72. The van der Waals surface area contributed by atoms with Gasteiger partial charge in [0.15, 0.2) is 0 Å². The number of nitrogens with zero attached hydrogens (tertiary/aromatic N) is 1. The van der Waals surface area contributed by atoms with Crippen molar-refractivity contribution in [2.45, 2.75) is 39.0 Å². The second-order valence-electron chi connectivity index (χ2n) is 4.49. The number of methoxy groups -OCH3 is 1. The van der Waals surface area contributed by atoms with Gasteiger partial charge in [0, 0.05) is 6.54 Å². The summed E-state index contributed by atoms with van der Waals surface area (Å²) in [7, 11) is 1.46. The molecule has 15 heavy (non-hydrogen) atoms. The van der Waals surface area contributed by atoms with Crippen LogP contribution < -0.4 is 0 Å². The number of hydrogen-bond donors (Lipinski definition) is 0. The molecule has 1 atom stereocenters. The first-order valence-electron chi connectivity index (χ1n) is 6.04. The Kier molecular flexibility index (Phi) is 5.69. The van der Waals surface area contributed by atoms with E-state index in [9.17, 15) is 4.79 Å². The van der Waals surface area contributed by atoms with Crippen LogP contribution in [0, 0.1) is 5.92 Å². The number of rotatable bonds is 3. The van der Waals surface area contributed by atoms with E-state index in [-0.39, 0.29) is 11.9 Å². The maximum absolute atomic E-state index is 11.3. The zero-order valence-corrected chi connectivity index (χ0v) is 10.00. The highest BCUT2D eigenvalue weighted by Gasteiger charge is 2.17. The number of hydrogen-bond acceptors (Lipinski definition) is 3. The van der Waals surface area contributed by atoms with Gasteiger partial charge in [0.1, 0.15) is 0 Å². The lowest BCUT2D eigenvalue weighted by Crippen LogP contribution is -2.34. The van der Waals surface area contributed by atoms with Gasteiger partial charge in [-0.25, -0.2) is 0 Å². The average Bonchev–Trinajstić information content (AvgIpc) is 2.20.